The van der Waals surface area contributed by atoms with Gasteiger partial charge in [-0.05, 0) is 44.4 Å². The van der Waals surface area contributed by atoms with E-state index in [1.165, 1.54) is 4.31 Å². The van der Waals surface area contributed by atoms with Crippen LogP contribution < -0.4 is 5.73 Å². The summed E-state index contributed by atoms with van der Waals surface area (Å²) in [6.07, 6.45) is 1.28. The second-order valence-corrected chi connectivity index (χ2v) is 7.32. The van der Waals surface area contributed by atoms with Gasteiger partial charge < -0.3 is 10.8 Å². The highest BCUT2D eigenvalue weighted by atomic mass is 32.2. The highest BCUT2D eigenvalue weighted by molar-refractivity contribution is 7.89. The second-order valence-electron chi connectivity index (χ2n) is 5.41. The lowest BCUT2D eigenvalue weighted by atomic mass is 9.97. The van der Waals surface area contributed by atoms with Crippen molar-refractivity contribution in [3.63, 3.8) is 0 Å². The zero-order valence-corrected chi connectivity index (χ0v) is 12.1. The minimum Gasteiger partial charge on any atom is -0.398 e. The summed E-state index contributed by atoms with van der Waals surface area (Å²) in [5, 5.41) is 10.0. The SMILES string of the molecule is Cc1c(N)cccc1S(=O)(=O)N1CCCC(C)(O)C1. The Morgan fingerprint density at radius 2 is 2.11 bits per heavy atom. The fourth-order valence-corrected chi connectivity index (χ4v) is 4.28. The molecule has 19 heavy (non-hydrogen) atoms. The van der Waals surface area contributed by atoms with Gasteiger partial charge >= 0.3 is 0 Å². The molecule has 1 aliphatic rings. The van der Waals surface area contributed by atoms with E-state index in [2.05, 4.69) is 0 Å². The average molecular weight is 284 g/mol. The first-order valence-electron chi connectivity index (χ1n) is 6.32. The minimum atomic E-state index is -3.59. The summed E-state index contributed by atoms with van der Waals surface area (Å²) in [6.45, 7) is 3.93. The Hall–Kier alpha value is -1.11. The van der Waals surface area contributed by atoms with Crippen molar-refractivity contribution in [2.24, 2.45) is 0 Å². The van der Waals surface area contributed by atoms with Crippen LogP contribution in [0.5, 0.6) is 0 Å². The van der Waals surface area contributed by atoms with Crippen LogP contribution in [0.4, 0.5) is 5.69 Å². The number of hydrogen-bond acceptors (Lipinski definition) is 4. The van der Waals surface area contributed by atoms with Gasteiger partial charge in [0, 0.05) is 18.8 Å². The predicted molar refractivity (Wildman–Crippen MR) is 74.2 cm³/mol. The molecule has 3 N–H and O–H groups in total. The van der Waals surface area contributed by atoms with Crippen molar-refractivity contribution in [1.82, 2.24) is 4.31 Å². The van der Waals surface area contributed by atoms with Crippen LogP contribution in [0.1, 0.15) is 25.3 Å². The molecule has 1 unspecified atom stereocenters. The van der Waals surface area contributed by atoms with Crippen molar-refractivity contribution in [1.29, 1.82) is 0 Å². The lowest BCUT2D eigenvalue weighted by Gasteiger charge is -2.36. The molecule has 0 amide bonds. The molecule has 5 nitrogen and oxygen atoms in total. The summed E-state index contributed by atoms with van der Waals surface area (Å²) in [6, 6.07) is 4.88. The van der Waals surface area contributed by atoms with Crippen molar-refractivity contribution in [3.05, 3.63) is 23.8 Å². The molecular weight excluding hydrogens is 264 g/mol. The average Bonchev–Trinajstić information content (AvgIpc) is 2.31. The zero-order chi connectivity index (χ0) is 14.3. The van der Waals surface area contributed by atoms with Gasteiger partial charge in [-0.3, -0.25) is 0 Å². The summed E-state index contributed by atoms with van der Waals surface area (Å²) >= 11 is 0. The molecule has 0 bridgehead atoms. The van der Waals surface area contributed by atoms with Gasteiger partial charge in [-0.15, -0.1) is 0 Å². The maximum absolute atomic E-state index is 12.6. The van der Waals surface area contributed by atoms with E-state index in [9.17, 15) is 13.5 Å². The minimum absolute atomic E-state index is 0.129. The van der Waals surface area contributed by atoms with E-state index in [1.54, 1.807) is 32.0 Å². The monoisotopic (exact) mass is 284 g/mol. The second kappa shape index (κ2) is 4.77. The first-order valence-corrected chi connectivity index (χ1v) is 7.76. The molecule has 0 spiro atoms. The normalized spacial score (nSPS) is 25.4. The van der Waals surface area contributed by atoms with Crippen LogP contribution in [-0.2, 0) is 10.0 Å². The molecule has 0 aliphatic carbocycles. The van der Waals surface area contributed by atoms with Crippen LogP contribution in [-0.4, -0.2) is 36.5 Å². The number of aliphatic hydroxyl groups is 1. The van der Waals surface area contributed by atoms with Crippen LogP contribution in [0.3, 0.4) is 0 Å². The first kappa shape index (κ1) is 14.3. The van der Waals surface area contributed by atoms with Crippen LogP contribution in [0.2, 0.25) is 0 Å². The third-order valence-corrected chi connectivity index (χ3v) is 5.57. The Labute approximate surface area is 114 Å². The van der Waals surface area contributed by atoms with Crippen molar-refractivity contribution >= 4 is 15.7 Å². The number of hydrogen-bond donors (Lipinski definition) is 2. The van der Waals surface area contributed by atoms with Crippen LogP contribution in [0, 0.1) is 6.92 Å². The summed E-state index contributed by atoms with van der Waals surface area (Å²) in [5.74, 6) is 0. The Balaban J connectivity index is 2.40. The summed E-state index contributed by atoms with van der Waals surface area (Å²) < 4.78 is 26.6. The van der Waals surface area contributed by atoms with Crippen LogP contribution >= 0.6 is 0 Å². The molecule has 1 aromatic carbocycles. The van der Waals surface area contributed by atoms with Crippen LogP contribution in [0.15, 0.2) is 23.1 Å². The number of nitrogen functional groups attached to an aromatic ring is 1. The molecule has 0 radical (unpaired) electrons. The molecular formula is C13H20N2O3S. The lowest BCUT2D eigenvalue weighted by molar-refractivity contribution is 0.00939. The standard InChI is InChI=1S/C13H20N2O3S/c1-10-11(14)5-3-6-12(10)19(17,18)15-8-4-7-13(2,16)9-15/h3,5-6,16H,4,7-9,14H2,1-2H3. The summed E-state index contributed by atoms with van der Waals surface area (Å²) in [4.78, 5) is 0.227. The molecule has 0 aromatic heterocycles. The molecule has 1 fully saturated rings. The van der Waals surface area contributed by atoms with Gasteiger partial charge in [0.2, 0.25) is 10.0 Å². The fraction of sp³-hybridized carbons (Fsp3) is 0.538. The van der Waals surface area contributed by atoms with Gasteiger partial charge in [0.15, 0.2) is 0 Å². The van der Waals surface area contributed by atoms with Gasteiger partial charge in [-0.2, -0.15) is 4.31 Å². The smallest absolute Gasteiger partial charge is 0.243 e. The highest BCUT2D eigenvalue weighted by Crippen LogP contribution is 2.29. The van der Waals surface area contributed by atoms with Crippen LogP contribution in [0.25, 0.3) is 0 Å². The highest BCUT2D eigenvalue weighted by Gasteiger charge is 2.36. The van der Waals surface area contributed by atoms with E-state index in [1.807, 2.05) is 0 Å². The third kappa shape index (κ3) is 2.75. The number of nitrogens with zero attached hydrogens (tertiary/aromatic N) is 1. The van der Waals surface area contributed by atoms with Gasteiger partial charge in [0.25, 0.3) is 0 Å². The summed E-state index contributed by atoms with van der Waals surface area (Å²) in [7, 11) is -3.59. The molecule has 1 saturated heterocycles. The molecule has 2 rings (SSSR count). The van der Waals surface area contributed by atoms with E-state index in [0.717, 1.165) is 0 Å². The van der Waals surface area contributed by atoms with E-state index < -0.39 is 15.6 Å². The number of piperidine rings is 1. The van der Waals surface area contributed by atoms with Crippen molar-refractivity contribution in [2.75, 3.05) is 18.8 Å². The Morgan fingerprint density at radius 3 is 2.74 bits per heavy atom. The van der Waals surface area contributed by atoms with Crippen molar-refractivity contribution in [2.45, 2.75) is 37.2 Å². The quantitative estimate of drug-likeness (QED) is 0.797. The van der Waals surface area contributed by atoms with Gasteiger partial charge in [-0.25, -0.2) is 8.42 Å². The maximum Gasteiger partial charge on any atom is 0.243 e. The topological polar surface area (TPSA) is 83.6 Å². The Bertz CT molecular complexity index is 582. The van der Waals surface area contributed by atoms with Crippen molar-refractivity contribution < 1.29 is 13.5 Å². The molecule has 1 aromatic rings. The number of anilines is 1. The lowest BCUT2D eigenvalue weighted by Crippen LogP contribution is -2.48. The maximum atomic E-state index is 12.6. The first-order chi connectivity index (χ1) is 8.74. The fourth-order valence-electron chi connectivity index (χ4n) is 2.43. The summed E-state index contributed by atoms with van der Waals surface area (Å²) in [5.41, 5.74) is 5.83. The number of β-amino-alcohol motifs (C(OH)–C–C–N with tert-alkyl or cyclic N) is 1. The van der Waals surface area contributed by atoms with E-state index >= 15 is 0 Å². The Morgan fingerprint density at radius 1 is 1.42 bits per heavy atom. The number of rotatable bonds is 2. The molecule has 6 heteroatoms. The largest absolute Gasteiger partial charge is 0.398 e. The molecule has 106 valence electrons. The number of benzene rings is 1. The van der Waals surface area contributed by atoms with Gasteiger partial charge in [0.1, 0.15) is 0 Å². The predicted octanol–water partition coefficient (Wildman–Crippen LogP) is 1.11. The Kier molecular flexibility index (Phi) is 3.59. The zero-order valence-electron chi connectivity index (χ0n) is 11.3. The molecule has 1 atom stereocenters. The van der Waals surface area contributed by atoms with E-state index in [-0.39, 0.29) is 11.4 Å². The van der Waals surface area contributed by atoms with E-state index in [4.69, 9.17) is 5.73 Å². The molecule has 1 aliphatic heterocycles. The number of sulfonamides is 1. The molecule has 1 heterocycles. The van der Waals surface area contributed by atoms with Crippen molar-refractivity contribution in [3.8, 4) is 0 Å². The third-order valence-electron chi connectivity index (χ3n) is 3.58. The number of nitrogens with two attached hydrogens (primary N) is 1. The van der Waals surface area contributed by atoms with Gasteiger partial charge in [0.05, 0.1) is 10.5 Å². The molecule has 0 saturated carbocycles. The van der Waals surface area contributed by atoms with E-state index in [0.29, 0.717) is 30.6 Å². The van der Waals surface area contributed by atoms with Gasteiger partial charge in [-0.1, -0.05) is 6.07 Å².